The lowest BCUT2D eigenvalue weighted by molar-refractivity contribution is -0.120. The smallest absolute Gasteiger partial charge is 0.272 e. The summed E-state index contributed by atoms with van der Waals surface area (Å²) in [5, 5.41) is 9.48. The van der Waals surface area contributed by atoms with Gasteiger partial charge >= 0.3 is 0 Å². The number of aromatic nitrogens is 2. The minimum absolute atomic E-state index is 0.0967. The van der Waals surface area contributed by atoms with E-state index in [1.165, 1.54) is 10.7 Å². The molecule has 0 spiro atoms. The number of terminal acetylenes is 1. The second-order valence-electron chi connectivity index (χ2n) is 6.12. The number of carbonyl (C=O) groups is 2. The van der Waals surface area contributed by atoms with Crippen LogP contribution in [-0.4, -0.2) is 34.7 Å². The van der Waals surface area contributed by atoms with E-state index in [1.807, 2.05) is 0 Å². The summed E-state index contributed by atoms with van der Waals surface area (Å²) in [5.41, 5.74) is 2.22. The van der Waals surface area contributed by atoms with Crippen LogP contribution in [0.15, 0.2) is 18.2 Å². The van der Waals surface area contributed by atoms with Gasteiger partial charge < -0.3 is 10.6 Å². The van der Waals surface area contributed by atoms with E-state index in [-0.39, 0.29) is 31.1 Å². The van der Waals surface area contributed by atoms with Gasteiger partial charge in [0.1, 0.15) is 0 Å². The van der Waals surface area contributed by atoms with E-state index in [2.05, 4.69) is 21.7 Å². The molecule has 1 aromatic carbocycles. The molecule has 0 atom stereocenters. The van der Waals surface area contributed by atoms with Crippen molar-refractivity contribution in [2.45, 2.75) is 25.7 Å². The topological polar surface area (TPSA) is 76.0 Å². The van der Waals surface area contributed by atoms with Gasteiger partial charge in [0, 0.05) is 30.3 Å². The van der Waals surface area contributed by atoms with Crippen molar-refractivity contribution in [3.05, 3.63) is 46.8 Å². The molecule has 3 rings (SSSR count). The summed E-state index contributed by atoms with van der Waals surface area (Å²) >= 11 is 0. The maximum absolute atomic E-state index is 13.6. The maximum atomic E-state index is 13.6. The van der Waals surface area contributed by atoms with Crippen LogP contribution in [0.25, 0.3) is 5.69 Å². The second-order valence-corrected chi connectivity index (χ2v) is 6.12. The van der Waals surface area contributed by atoms with E-state index in [0.717, 1.165) is 29.8 Å². The first-order valence-electron chi connectivity index (χ1n) is 8.56. The zero-order valence-electron chi connectivity index (χ0n) is 14.5. The molecule has 1 aromatic heterocycles. The molecule has 0 radical (unpaired) electrons. The van der Waals surface area contributed by atoms with Crippen molar-refractivity contribution < 1.29 is 18.4 Å². The zero-order valence-corrected chi connectivity index (χ0v) is 14.5. The molecule has 0 saturated carbocycles. The highest BCUT2D eigenvalue weighted by atomic mass is 19.2. The lowest BCUT2D eigenvalue weighted by Gasteiger charge is -2.06. The summed E-state index contributed by atoms with van der Waals surface area (Å²) in [4.78, 5) is 24.0. The van der Waals surface area contributed by atoms with E-state index in [9.17, 15) is 18.4 Å². The van der Waals surface area contributed by atoms with Crippen molar-refractivity contribution in [1.82, 2.24) is 20.4 Å². The van der Waals surface area contributed by atoms with Crippen molar-refractivity contribution in [3.8, 4) is 18.0 Å². The second kappa shape index (κ2) is 7.99. The number of rotatable bonds is 6. The summed E-state index contributed by atoms with van der Waals surface area (Å²) in [7, 11) is 0. The summed E-state index contributed by atoms with van der Waals surface area (Å²) in [5.74, 6) is -0.281. The van der Waals surface area contributed by atoms with Gasteiger partial charge in [-0.15, -0.1) is 6.42 Å². The van der Waals surface area contributed by atoms with Gasteiger partial charge in [0.15, 0.2) is 17.3 Å². The molecule has 2 N–H and O–H groups in total. The Morgan fingerprint density at radius 2 is 2.04 bits per heavy atom. The number of nitrogens with one attached hydrogen (secondary N) is 2. The highest BCUT2D eigenvalue weighted by molar-refractivity contribution is 5.94. The Balaban J connectivity index is 1.75. The van der Waals surface area contributed by atoms with Gasteiger partial charge in [-0.1, -0.05) is 5.92 Å². The SMILES string of the molecule is C#CCNC(=O)CCNC(=O)c1nn(-c2ccc(F)c(F)c2)c2c1CCC2. The molecule has 8 heteroatoms. The minimum Gasteiger partial charge on any atom is -0.350 e. The molecule has 0 aliphatic heterocycles. The van der Waals surface area contributed by atoms with E-state index >= 15 is 0 Å². The average molecular weight is 372 g/mol. The molecule has 2 amide bonds. The monoisotopic (exact) mass is 372 g/mol. The summed E-state index contributed by atoms with van der Waals surface area (Å²) in [6.45, 7) is 0.279. The van der Waals surface area contributed by atoms with Gasteiger partial charge in [0.2, 0.25) is 5.91 Å². The number of amides is 2. The van der Waals surface area contributed by atoms with Crippen molar-refractivity contribution in [2.75, 3.05) is 13.1 Å². The molecule has 1 aliphatic carbocycles. The quantitative estimate of drug-likeness (QED) is 0.755. The third-order valence-electron chi connectivity index (χ3n) is 4.32. The summed E-state index contributed by atoms with van der Waals surface area (Å²) < 4.78 is 28.2. The molecule has 0 unspecified atom stereocenters. The van der Waals surface area contributed by atoms with E-state index in [4.69, 9.17) is 6.42 Å². The number of hydrogen-bond acceptors (Lipinski definition) is 3. The lowest BCUT2D eigenvalue weighted by atomic mass is 10.2. The third-order valence-corrected chi connectivity index (χ3v) is 4.32. The Morgan fingerprint density at radius 1 is 1.22 bits per heavy atom. The number of halogens is 2. The maximum Gasteiger partial charge on any atom is 0.272 e. The van der Waals surface area contributed by atoms with Gasteiger partial charge in [-0.3, -0.25) is 9.59 Å². The van der Waals surface area contributed by atoms with E-state index in [0.29, 0.717) is 18.5 Å². The molecule has 2 aromatic rings. The lowest BCUT2D eigenvalue weighted by Crippen LogP contribution is -2.31. The van der Waals surface area contributed by atoms with Crippen LogP contribution in [0.5, 0.6) is 0 Å². The Morgan fingerprint density at radius 3 is 2.78 bits per heavy atom. The summed E-state index contributed by atoms with van der Waals surface area (Å²) in [6.07, 6.45) is 7.39. The summed E-state index contributed by atoms with van der Waals surface area (Å²) in [6, 6.07) is 3.50. The molecule has 0 fully saturated rings. The number of fused-ring (bicyclic) bond motifs is 1. The Hall–Kier alpha value is -3.21. The Labute approximate surface area is 154 Å². The molecule has 0 saturated heterocycles. The number of carbonyl (C=O) groups excluding carboxylic acids is 2. The van der Waals surface area contributed by atoms with Crippen molar-refractivity contribution in [3.63, 3.8) is 0 Å². The largest absolute Gasteiger partial charge is 0.350 e. The normalized spacial score (nSPS) is 12.3. The fraction of sp³-hybridized carbons (Fsp3) is 0.316. The van der Waals surface area contributed by atoms with Crippen LogP contribution in [-0.2, 0) is 17.6 Å². The highest BCUT2D eigenvalue weighted by Crippen LogP contribution is 2.28. The molecule has 140 valence electrons. The minimum atomic E-state index is -0.973. The average Bonchev–Trinajstić information content (AvgIpc) is 3.24. The first kappa shape index (κ1) is 18.6. The van der Waals surface area contributed by atoms with Crippen LogP contribution < -0.4 is 10.6 Å². The fourth-order valence-corrected chi connectivity index (χ4v) is 3.06. The molecule has 6 nitrogen and oxygen atoms in total. The van der Waals surface area contributed by atoms with Crippen molar-refractivity contribution in [1.29, 1.82) is 0 Å². The van der Waals surface area contributed by atoms with Crippen LogP contribution in [0, 0.1) is 24.0 Å². The molecule has 0 bridgehead atoms. The Kier molecular flexibility index (Phi) is 5.50. The van der Waals surface area contributed by atoms with Crippen LogP contribution in [0.3, 0.4) is 0 Å². The van der Waals surface area contributed by atoms with Gasteiger partial charge in [-0.05, 0) is 31.4 Å². The number of nitrogens with zero attached hydrogens (tertiary/aromatic N) is 2. The first-order chi connectivity index (χ1) is 13.0. The number of benzene rings is 1. The van der Waals surface area contributed by atoms with Crippen molar-refractivity contribution >= 4 is 11.8 Å². The van der Waals surface area contributed by atoms with E-state index < -0.39 is 17.5 Å². The fourth-order valence-electron chi connectivity index (χ4n) is 3.06. The van der Waals surface area contributed by atoms with Crippen molar-refractivity contribution in [2.24, 2.45) is 0 Å². The molecular formula is C19H18F2N4O2. The van der Waals surface area contributed by atoms with Crippen LogP contribution in [0.1, 0.15) is 34.6 Å². The number of hydrogen-bond donors (Lipinski definition) is 2. The third kappa shape index (κ3) is 3.97. The van der Waals surface area contributed by atoms with Gasteiger partial charge in [-0.2, -0.15) is 5.10 Å². The van der Waals surface area contributed by atoms with Crippen LogP contribution in [0.4, 0.5) is 8.78 Å². The first-order valence-corrected chi connectivity index (χ1v) is 8.56. The molecule has 1 heterocycles. The van der Waals surface area contributed by atoms with Crippen LogP contribution in [0.2, 0.25) is 0 Å². The predicted molar refractivity (Wildman–Crippen MR) is 94.3 cm³/mol. The standard InChI is InChI=1S/C19H18F2N4O2/c1-2-9-22-17(26)8-10-23-19(27)18-13-4-3-5-16(13)25(24-18)12-6-7-14(20)15(21)11-12/h1,6-7,11H,3-5,8-10H2,(H,22,26)(H,23,27). The molecule has 1 aliphatic rings. The molecular weight excluding hydrogens is 354 g/mol. The van der Waals surface area contributed by atoms with Crippen LogP contribution >= 0.6 is 0 Å². The van der Waals surface area contributed by atoms with Gasteiger partial charge in [0.25, 0.3) is 5.91 Å². The van der Waals surface area contributed by atoms with Gasteiger partial charge in [-0.25, -0.2) is 13.5 Å². The zero-order chi connectivity index (χ0) is 19.4. The molecule has 27 heavy (non-hydrogen) atoms. The van der Waals surface area contributed by atoms with E-state index in [1.54, 1.807) is 0 Å². The predicted octanol–water partition coefficient (Wildman–Crippen LogP) is 1.51. The highest BCUT2D eigenvalue weighted by Gasteiger charge is 2.27. The van der Waals surface area contributed by atoms with Gasteiger partial charge in [0.05, 0.1) is 12.2 Å². The Bertz CT molecular complexity index is 931.